The minimum absolute atomic E-state index is 0.0340. The number of unbranched alkanes of at least 4 members (excludes halogenated alkanes) is 30. The lowest BCUT2D eigenvalue weighted by atomic mass is 10.0. The summed E-state index contributed by atoms with van der Waals surface area (Å²) in [5.74, 6) is -0.0340. The topological polar surface area (TPSA) is 69.6 Å². The Morgan fingerprint density at radius 2 is 0.820 bits per heavy atom. The summed E-state index contributed by atoms with van der Waals surface area (Å²) in [6.07, 6.45) is 53.9. The first kappa shape index (κ1) is 48.9. The number of nitrogens with one attached hydrogen (secondary N) is 1. The van der Waals surface area contributed by atoms with Crippen LogP contribution in [-0.2, 0) is 4.79 Å². The van der Waals surface area contributed by atoms with Crippen molar-refractivity contribution in [2.75, 3.05) is 6.61 Å². The zero-order chi connectivity index (χ0) is 36.4. The van der Waals surface area contributed by atoms with Crippen molar-refractivity contribution >= 4 is 5.91 Å². The fraction of sp³-hybridized carbons (Fsp3) is 0.891. The monoisotopic (exact) mass is 704 g/mol. The third-order valence-electron chi connectivity index (χ3n) is 10.5. The average molecular weight is 704 g/mol. The van der Waals surface area contributed by atoms with E-state index in [2.05, 4.69) is 43.5 Å². The fourth-order valence-corrected chi connectivity index (χ4v) is 6.98. The molecule has 4 nitrogen and oxygen atoms in total. The molecule has 3 N–H and O–H groups in total. The van der Waals surface area contributed by atoms with Gasteiger partial charge >= 0.3 is 0 Å². The number of carbonyl (C=O) groups excluding carboxylic acids is 1. The van der Waals surface area contributed by atoms with Crippen molar-refractivity contribution in [2.24, 2.45) is 0 Å². The van der Waals surface area contributed by atoms with E-state index in [9.17, 15) is 15.0 Å². The van der Waals surface area contributed by atoms with E-state index in [0.29, 0.717) is 12.8 Å². The summed E-state index contributed by atoms with van der Waals surface area (Å²) >= 11 is 0. The van der Waals surface area contributed by atoms with Crippen LogP contribution in [0.3, 0.4) is 0 Å². The van der Waals surface area contributed by atoms with Gasteiger partial charge in [0.1, 0.15) is 0 Å². The van der Waals surface area contributed by atoms with Crippen molar-refractivity contribution in [3.8, 4) is 0 Å². The van der Waals surface area contributed by atoms with Gasteiger partial charge in [-0.05, 0) is 44.9 Å². The fourth-order valence-electron chi connectivity index (χ4n) is 6.98. The second-order valence-electron chi connectivity index (χ2n) is 15.5. The van der Waals surface area contributed by atoms with Crippen molar-refractivity contribution in [2.45, 2.75) is 257 Å². The van der Waals surface area contributed by atoms with Gasteiger partial charge in [-0.25, -0.2) is 0 Å². The molecule has 4 heteroatoms. The number of carbonyl (C=O) groups is 1. The number of aliphatic hydroxyl groups excluding tert-OH is 2. The van der Waals surface area contributed by atoms with Gasteiger partial charge in [-0.15, -0.1) is 0 Å². The van der Waals surface area contributed by atoms with Gasteiger partial charge in [-0.1, -0.05) is 218 Å². The first-order chi connectivity index (χ1) is 24.7. The zero-order valence-electron chi connectivity index (χ0n) is 33.9. The molecule has 50 heavy (non-hydrogen) atoms. The maximum absolute atomic E-state index is 12.4. The van der Waals surface area contributed by atoms with Crippen molar-refractivity contribution in [1.82, 2.24) is 5.32 Å². The van der Waals surface area contributed by atoms with E-state index >= 15 is 0 Å². The first-order valence-electron chi connectivity index (χ1n) is 22.5. The Hall–Kier alpha value is -1.13. The highest BCUT2D eigenvalue weighted by Gasteiger charge is 2.20. The normalized spacial score (nSPS) is 13.1. The molecule has 0 aliphatic rings. The van der Waals surface area contributed by atoms with E-state index in [1.54, 1.807) is 0 Å². The van der Waals surface area contributed by atoms with Crippen molar-refractivity contribution in [1.29, 1.82) is 0 Å². The second kappa shape index (κ2) is 42.3. The average Bonchev–Trinajstić information content (AvgIpc) is 3.12. The van der Waals surface area contributed by atoms with E-state index in [0.717, 1.165) is 32.1 Å². The summed E-state index contributed by atoms with van der Waals surface area (Å²) in [6, 6.07) is -0.536. The highest BCUT2D eigenvalue weighted by Crippen LogP contribution is 2.16. The Balaban J connectivity index is 3.51. The van der Waals surface area contributed by atoms with Crippen LogP contribution < -0.4 is 5.32 Å². The predicted octanol–water partition coefficient (Wildman–Crippen LogP) is 14.0. The van der Waals surface area contributed by atoms with Crippen LogP contribution in [0.5, 0.6) is 0 Å². The Kier molecular flexibility index (Phi) is 41.3. The molecule has 2 unspecified atom stereocenters. The van der Waals surface area contributed by atoms with E-state index in [-0.39, 0.29) is 12.5 Å². The molecule has 0 spiro atoms. The van der Waals surface area contributed by atoms with Gasteiger partial charge in [0.2, 0.25) is 5.91 Å². The quantitative estimate of drug-likeness (QED) is 0.0438. The van der Waals surface area contributed by atoms with Crippen molar-refractivity contribution < 1.29 is 15.0 Å². The molecule has 0 aromatic rings. The third-order valence-corrected chi connectivity index (χ3v) is 10.5. The Bertz CT molecular complexity index is 720. The molecule has 0 saturated carbocycles. The van der Waals surface area contributed by atoms with Crippen LogP contribution in [0.15, 0.2) is 24.3 Å². The smallest absolute Gasteiger partial charge is 0.220 e. The number of amides is 1. The summed E-state index contributed by atoms with van der Waals surface area (Å²) in [4.78, 5) is 12.4. The number of hydrogen-bond donors (Lipinski definition) is 3. The number of rotatable bonds is 41. The van der Waals surface area contributed by atoms with Crippen LogP contribution in [0.1, 0.15) is 245 Å². The molecule has 0 aliphatic carbocycles. The molecule has 0 saturated heterocycles. The van der Waals surface area contributed by atoms with Gasteiger partial charge in [0.05, 0.1) is 18.8 Å². The Labute approximate surface area is 313 Å². The Morgan fingerprint density at radius 1 is 0.480 bits per heavy atom. The molecule has 296 valence electrons. The van der Waals surface area contributed by atoms with Gasteiger partial charge in [0.15, 0.2) is 0 Å². The second-order valence-corrected chi connectivity index (χ2v) is 15.5. The molecule has 0 fully saturated rings. The lowest BCUT2D eigenvalue weighted by molar-refractivity contribution is -0.123. The zero-order valence-corrected chi connectivity index (χ0v) is 33.9. The first-order valence-corrected chi connectivity index (χ1v) is 22.5. The molecule has 0 aliphatic heterocycles. The van der Waals surface area contributed by atoms with Gasteiger partial charge in [-0.3, -0.25) is 4.79 Å². The van der Waals surface area contributed by atoms with Crippen LogP contribution >= 0.6 is 0 Å². The molecule has 2 atom stereocenters. The molecule has 0 rings (SSSR count). The van der Waals surface area contributed by atoms with Crippen molar-refractivity contribution in [3.05, 3.63) is 24.3 Å². The van der Waals surface area contributed by atoms with Gasteiger partial charge in [0, 0.05) is 6.42 Å². The molecule has 0 aromatic heterocycles. The number of hydrogen-bond acceptors (Lipinski definition) is 3. The number of allylic oxidation sites excluding steroid dienone is 4. The standard InChI is InChI=1S/C46H89NO3/c1-3-5-7-9-11-13-15-17-19-21-23-25-27-29-31-33-35-37-39-41-45(49)44(43-48)47-46(50)42-40-38-36-34-32-30-28-26-24-22-20-18-16-14-12-10-8-6-4-2/h12,14,18,20,44-45,48-49H,3-11,13,15-17,19,21-43H2,1-2H3,(H,47,50)/b14-12-,20-18-. The molecule has 1 amide bonds. The van der Waals surface area contributed by atoms with Crippen LogP contribution in [0.2, 0.25) is 0 Å². The summed E-state index contributed by atoms with van der Waals surface area (Å²) in [5, 5.41) is 23.2. The van der Waals surface area contributed by atoms with E-state index < -0.39 is 12.1 Å². The lowest BCUT2D eigenvalue weighted by Gasteiger charge is -2.22. The van der Waals surface area contributed by atoms with Crippen LogP contribution in [0, 0.1) is 0 Å². The third kappa shape index (κ3) is 38.1. The predicted molar refractivity (Wildman–Crippen MR) is 221 cm³/mol. The Morgan fingerprint density at radius 3 is 1.24 bits per heavy atom. The summed E-state index contributed by atoms with van der Waals surface area (Å²) in [7, 11) is 0. The summed E-state index contributed by atoms with van der Waals surface area (Å²) in [5.41, 5.74) is 0. The highest BCUT2D eigenvalue weighted by atomic mass is 16.3. The maximum atomic E-state index is 12.4. The largest absolute Gasteiger partial charge is 0.394 e. The summed E-state index contributed by atoms with van der Waals surface area (Å²) in [6.45, 7) is 4.35. The molecule has 0 heterocycles. The van der Waals surface area contributed by atoms with Gasteiger partial charge in [-0.2, -0.15) is 0 Å². The number of aliphatic hydroxyl groups is 2. The molecule has 0 radical (unpaired) electrons. The van der Waals surface area contributed by atoms with Gasteiger partial charge in [0.25, 0.3) is 0 Å². The van der Waals surface area contributed by atoms with Crippen LogP contribution in [0.25, 0.3) is 0 Å². The van der Waals surface area contributed by atoms with Gasteiger partial charge < -0.3 is 15.5 Å². The summed E-state index contributed by atoms with van der Waals surface area (Å²) < 4.78 is 0. The SMILES string of the molecule is CCCCC/C=C\C/C=C\CCCCCCCCCCCC(=O)NC(CO)C(O)CCCCCCCCCCCCCCCCCCCCC. The minimum Gasteiger partial charge on any atom is -0.394 e. The molecule has 0 aromatic carbocycles. The minimum atomic E-state index is -0.659. The molecule has 0 bridgehead atoms. The van der Waals surface area contributed by atoms with E-state index in [1.807, 2.05) is 0 Å². The maximum Gasteiger partial charge on any atom is 0.220 e. The van der Waals surface area contributed by atoms with Crippen LogP contribution in [0.4, 0.5) is 0 Å². The van der Waals surface area contributed by atoms with E-state index in [4.69, 9.17) is 0 Å². The lowest BCUT2D eigenvalue weighted by Crippen LogP contribution is -2.45. The molecular formula is C46H89NO3. The molecular weight excluding hydrogens is 615 g/mol. The van der Waals surface area contributed by atoms with Crippen molar-refractivity contribution in [3.63, 3.8) is 0 Å². The highest BCUT2D eigenvalue weighted by molar-refractivity contribution is 5.76. The van der Waals surface area contributed by atoms with Crippen LogP contribution in [-0.4, -0.2) is 34.9 Å². The van der Waals surface area contributed by atoms with E-state index in [1.165, 1.54) is 186 Å².